The number of hydrogen-bond acceptors (Lipinski definition) is 2. The summed E-state index contributed by atoms with van der Waals surface area (Å²) in [5, 5.41) is 2.38. The van der Waals surface area contributed by atoms with Gasteiger partial charge in [-0.2, -0.15) is 5.06 Å². The van der Waals surface area contributed by atoms with Crippen LogP contribution in [0.2, 0.25) is 0 Å². The van der Waals surface area contributed by atoms with Crippen molar-refractivity contribution in [2.24, 2.45) is 5.41 Å². The van der Waals surface area contributed by atoms with Crippen molar-refractivity contribution in [2.75, 3.05) is 0 Å². The van der Waals surface area contributed by atoms with E-state index in [1.54, 1.807) is 0 Å². The van der Waals surface area contributed by atoms with Crippen LogP contribution >= 0.6 is 0 Å². The van der Waals surface area contributed by atoms with Crippen molar-refractivity contribution in [3.63, 3.8) is 0 Å². The standard InChI is InChI=1S/C22H36NO/c1-8-20(5)16-17-21(6,9-2)23(22(20,7)10-3)24-18(4)19-14-12-11-13-15-19/h8,11-15,18H,9-10,16-17H2,1-7H3. The summed E-state index contributed by atoms with van der Waals surface area (Å²) in [5.41, 5.74) is 1.47. The maximum atomic E-state index is 6.70. The summed E-state index contributed by atoms with van der Waals surface area (Å²) in [5.74, 6) is 0. The molecule has 1 fully saturated rings. The molecule has 2 rings (SSSR count). The van der Waals surface area contributed by atoms with E-state index in [2.05, 4.69) is 90.3 Å². The van der Waals surface area contributed by atoms with Crippen LogP contribution in [0, 0.1) is 11.8 Å². The van der Waals surface area contributed by atoms with Gasteiger partial charge in [-0.15, -0.1) is 0 Å². The first-order valence-electron chi connectivity index (χ1n) is 9.59. The lowest BCUT2D eigenvalue weighted by atomic mass is 9.60. The highest BCUT2D eigenvalue weighted by atomic mass is 16.7. The van der Waals surface area contributed by atoms with Crippen molar-refractivity contribution in [1.82, 2.24) is 5.06 Å². The van der Waals surface area contributed by atoms with Gasteiger partial charge in [-0.1, -0.05) is 58.0 Å². The normalized spacial score (nSPS) is 35.8. The van der Waals surface area contributed by atoms with Gasteiger partial charge in [0.05, 0.1) is 0 Å². The number of hydroxylamine groups is 2. The minimum atomic E-state index is -0.00615. The number of hydrogen-bond donors (Lipinski definition) is 0. The summed E-state index contributed by atoms with van der Waals surface area (Å²) < 4.78 is 0. The zero-order valence-electron chi connectivity index (χ0n) is 16.7. The molecule has 1 aromatic rings. The van der Waals surface area contributed by atoms with Crippen molar-refractivity contribution in [3.05, 3.63) is 42.3 Å². The van der Waals surface area contributed by atoms with E-state index >= 15 is 0 Å². The molecule has 1 saturated heterocycles. The van der Waals surface area contributed by atoms with Crippen molar-refractivity contribution >= 4 is 0 Å². The lowest BCUT2D eigenvalue weighted by molar-refractivity contribution is -0.335. The van der Waals surface area contributed by atoms with Crippen molar-refractivity contribution in [3.8, 4) is 0 Å². The summed E-state index contributed by atoms with van der Waals surface area (Å²) in [6.45, 7) is 16.1. The molecule has 1 radical (unpaired) electrons. The molecule has 1 aliphatic heterocycles. The van der Waals surface area contributed by atoms with E-state index in [0.717, 1.165) is 12.8 Å². The quantitative estimate of drug-likeness (QED) is 0.603. The van der Waals surface area contributed by atoms with Gasteiger partial charge in [0, 0.05) is 11.1 Å². The summed E-state index contributed by atoms with van der Waals surface area (Å²) in [7, 11) is 0. The molecule has 1 heterocycles. The highest BCUT2D eigenvalue weighted by Gasteiger charge is 2.56. The Bertz CT molecular complexity index is 530. The van der Waals surface area contributed by atoms with Crippen LogP contribution in [0.15, 0.2) is 30.3 Å². The fourth-order valence-electron chi connectivity index (χ4n) is 4.24. The first kappa shape index (κ1) is 19.5. The van der Waals surface area contributed by atoms with Gasteiger partial charge in [0.25, 0.3) is 0 Å². The SMILES string of the molecule is C[CH]C1(C)CCC(C)(CC)N(OC(C)c2ccccc2)C1(C)CC. The molecule has 24 heavy (non-hydrogen) atoms. The third kappa shape index (κ3) is 3.15. The van der Waals surface area contributed by atoms with Crippen LogP contribution < -0.4 is 0 Å². The molecule has 0 N–H and O–H groups in total. The zero-order valence-corrected chi connectivity index (χ0v) is 16.7. The molecular formula is C22H36NO. The number of piperidine rings is 1. The average Bonchev–Trinajstić information content (AvgIpc) is 2.62. The van der Waals surface area contributed by atoms with Crippen molar-refractivity contribution in [1.29, 1.82) is 0 Å². The van der Waals surface area contributed by atoms with Gasteiger partial charge in [0.2, 0.25) is 0 Å². The highest BCUT2D eigenvalue weighted by Crippen LogP contribution is 2.54. The van der Waals surface area contributed by atoms with Crippen LogP contribution in [0.25, 0.3) is 0 Å². The Hall–Kier alpha value is -0.860. The van der Waals surface area contributed by atoms with Gasteiger partial charge < -0.3 is 0 Å². The van der Waals surface area contributed by atoms with Crippen LogP contribution in [-0.2, 0) is 4.84 Å². The monoisotopic (exact) mass is 330 g/mol. The van der Waals surface area contributed by atoms with E-state index in [1.807, 2.05) is 0 Å². The molecule has 4 atom stereocenters. The summed E-state index contributed by atoms with van der Waals surface area (Å²) in [6.07, 6.45) is 7.02. The van der Waals surface area contributed by atoms with Crippen molar-refractivity contribution in [2.45, 2.75) is 91.3 Å². The molecule has 4 unspecified atom stereocenters. The molecule has 2 nitrogen and oxygen atoms in total. The molecule has 1 aliphatic rings. The lowest BCUT2D eigenvalue weighted by Gasteiger charge is -2.62. The molecule has 0 amide bonds. The van der Waals surface area contributed by atoms with Crippen LogP contribution in [0.3, 0.4) is 0 Å². The first-order valence-corrected chi connectivity index (χ1v) is 9.59. The van der Waals surface area contributed by atoms with E-state index in [4.69, 9.17) is 4.84 Å². The maximum absolute atomic E-state index is 6.70. The Labute approximate surface area is 149 Å². The molecule has 1 aromatic carbocycles. The fraction of sp³-hybridized carbons (Fsp3) is 0.682. The Morgan fingerprint density at radius 3 is 2.21 bits per heavy atom. The van der Waals surface area contributed by atoms with Gasteiger partial charge >= 0.3 is 0 Å². The van der Waals surface area contributed by atoms with E-state index in [-0.39, 0.29) is 22.6 Å². The van der Waals surface area contributed by atoms with Crippen LogP contribution in [0.5, 0.6) is 0 Å². The second kappa shape index (κ2) is 7.17. The van der Waals surface area contributed by atoms with E-state index < -0.39 is 0 Å². The summed E-state index contributed by atoms with van der Waals surface area (Å²) >= 11 is 0. The third-order valence-electron chi connectivity index (χ3n) is 6.97. The molecule has 2 heteroatoms. The molecule has 0 spiro atoms. The van der Waals surface area contributed by atoms with Gasteiger partial charge in [-0.25, -0.2) is 0 Å². The molecule has 0 aromatic heterocycles. The van der Waals surface area contributed by atoms with Crippen LogP contribution in [-0.4, -0.2) is 16.1 Å². The predicted molar refractivity (Wildman–Crippen MR) is 102 cm³/mol. The lowest BCUT2D eigenvalue weighted by Crippen LogP contribution is -2.68. The second-order valence-corrected chi connectivity index (χ2v) is 8.14. The number of rotatable bonds is 6. The number of nitrogens with zero attached hydrogens (tertiary/aromatic N) is 1. The predicted octanol–water partition coefficient (Wildman–Crippen LogP) is 6.34. The fourth-order valence-corrected chi connectivity index (χ4v) is 4.24. The zero-order chi connectivity index (χ0) is 18.0. The molecule has 135 valence electrons. The van der Waals surface area contributed by atoms with E-state index in [9.17, 15) is 0 Å². The minimum absolute atomic E-state index is 0.00615. The molecule has 0 aliphatic carbocycles. The Morgan fingerprint density at radius 2 is 1.71 bits per heavy atom. The largest absolute Gasteiger partial charge is 0.290 e. The average molecular weight is 331 g/mol. The summed E-state index contributed by atoms with van der Waals surface area (Å²) in [6, 6.07) is 10.6. The second-order valence-electron chi connectivity index (χ2n) is 8.14. The van der Waals surface area contributed by atoms with E-state index in [1.165, 1.54) is 18.4 Å². The van der Waals surface area contributed by atoms with Gasteiger partial charge in [-0.05, 0) is 63.9 Å². The first-order chi connectivity index (χ1) is 11.3. The van der Waals surface area contributed by atoms with Crippen LogP contribution in [0.4, 0.5) is 0 Å². The molecule has 0 bridgehead atoms. The Kier molecular flexibility index (Phi) is 5.82. The third-order valence-corrected chi connectivity index (χ3v) is 6.97. The maximum Gasteiger partial charge on any atom is 0.102 e. The summed E-state index contributed by atoms with van der Waals surface area (Å²) in [4.78, 5) is 6.70. The molecule has 0 saturated carbocycles. The van der Waals surface area contributed by atoms with Crippen LogP contribution in [0.1, 0.15) is 85.8 Å². The smallest absolute Gasteiger partial charge is 0.102 e. The Morgan fingerprint density at radius 1 is 1.08 bits per heavy atom. The van der Waals surface area contributed by atoms with Gasteiger partial charge in [-0.3, -0.25) is 4.84 Å². The topological polar surface area (TPSA) is 12.5 Å². The minimum Gasteiger partial charge on any atom is -0.290 e. The van der Waals surface area contributed by atoms with Gasteiger partial charge in [0.15, 0.2) is 0 Å². The molecular weight excluding hydrogens is 294 g/mol. The highest BCUT2D eigenvalue weighted by molar-refractivity contribution is 5.17. The van der Waals surface area contributed by atoms with Crippen molar-refractivity contribution < 1.29 is 4.84 Å². The van der Waals surface area contributed by atoms with Gasteiger partial charge in [0.1, 0.15) is 6.10 Å². The number of benzene rings is 1. The van der Waals surface area contributed by atoms with E-state index in [0.29, 0.717) is 0 Å². The Balaban J connectivity index is 2.39.